The topological polar surface area (TPSA) is 62.5 Å². The van der Waals surface area contributed by atoms with Crippen molar-refractivity contribution >= 4 is 27.3 Å². The molecular weight excluding hydrogens is 320 g/mol. The van der Waals surface area contributed by atoms with Crippen molar-refractivity contribution in [1.82, 2.24) is 14.6 Å². The molecule has 0 fully saturated rings. The lowest BCUT2D eigenvalue weighted by molar-refractivity contribution is 0.191. The van der Waals surface area contributed by atoms with Crippen molar-refractivity contribution in [2.45, 2.75) is 6.10 Å². The molecule has 0 bridgehead atoms. The summed E-state index contributed by atoms with van der Waals surface area (Å²) in [7, 11) is 0. The fourth-order valence-corrected chi connectivity index (χ4v) is 2.44. The third-order valence-corrected chi connectivity index (χ3v) is 3.65. The highest BCUT2D eigenvalue weighted by Crippen LogP contribution is 2.20. The highest BCUT2D eigenvalue weighted by atomic mass is 79.9. The lowest BCUT2D eigenvalue weighted by Crippen LogP contribution is -2.13. The smallest absolute Gasteiger partial charge is 0.154 e. The second-order valence-electron chi connectivity index (χ2n) is 4.37. The zero-order valence-electron chi connectivity index (χ0n) is 10.6. The third-order valence-electron chi connectivity index (χ3n) is 3.05. The molecule has 3 aromatic rings. The second kappa shape index (κ2) is 5.60. The highest BCUT2D eigenvalue weighted by Gasteiger charge is 2.10. The Labute approximate surface area is 124 Å². The molecule has 6 heteroatoms. The van der Waals surface area contributed by atoms with Crippen molar-refractivity contribution in [2.75, 3.05) is 11.9 Å². The van der Waals surface area contributed by atoms with Crippen LogP contribution in [0.2, 0.25) is 0 Å². The predicted molar refractivity (Wildman–Crippen MR) is 80.6 cm³/mol. The van der Waals surface area contributed by atoms with Gasteiger partial charge in [-0.3, -0.25) is 0 Å². The first-order valence-electron chi connectivity index (χ1n) is 6.21. The molecular formula is C14H13BrN4O. The van der Waals surface area contributed by atoms with Gasteiger partial charge in [0, 0.05) is 6.54 Å². The van der Waals surface area contributed by atoms with Gasteiger partial charge >= 0.3 is 0 Å². The molecule has 2 aromatic heterocycles. The largest absolute Gasteiger partial charge is 0.387 e. The summed E-state index contributed by atoms with van der Waals surface area (Å²) in [4.78, 5) is 4.21. The Kier molecular flexibility index (Phi) is 3.66. The van der Waals surface area contributed by atoms with E-state index in [1.807, 2.05) is 42.5 Å². The molecule has 1 aromatic carbocycles. The molecule has 1 atom stereocenters. The average molecular weight is 333 g/mol. The van der Waals surface area contributed by atoms with Gasteiger partial charge in [0.25, 0.3) is 0 Å². The molecule has 0 spiro atoms. The SMILES string of the molecule is OC(CNc1ncnn2c(Br)ccc12)c1ccccc1. The summed E-state index contributed by atoms with van der Waals surface area (Å²) >= 11 is 3.41. The Morgan fingerprint density at radius 3 is 2.80 bits per heavy atom. The van der Waals surface area contributed by atoms with Crippen LogP contribution in [-0.2, 0) is 0 Å². The van der Waals surface area contributed by atoms with Crippen LogP contribution < -0.4 is 5.32 Å². The predicted octanol–water partition coefficient (Wildman–Crippen LogP) is 2.64. The van der Waals surface area contributed by atoms with E-state index in [1.54, 1.807) is 4.52 Å². The Morgan fingerprint density at radius 2 is 2.00 bits per heavy atom. The number of rotatable bonds is 4. The number of hydrogen-bond acceptors (Lipinski definition) is 4. The molecule has 102 valence electrons. The van der Waals surface area contributed by atoms with E-state index in [9.17, 15) is 5.11 Å². The zero-order valence-corrected chi connectivity index (χ0v) is 12.2. The van der Waals surface area contributed by atoms with Gasteiger partial charge in [0.15, 0.2) is 5.82 Å². The van der Waals surface area contributed by atoms with Crippen molar-refractivity contribution in [2.24, 2.45) is 0 Å². The first kappa shape index (κ1) is 13.1. The maximum atomic E-state index is 10.1. The number of nitrogens with one attached hydrogen (secondary N) is 1. The number of aliphatic hydroxyl groups is 1. The Balaban J connectivity index is 1.77. The standard InChI is InChI=1S/C14H13BrN4O/c15-13-7-6-11-14(17-9-18-19(11)13)16-8-12(20)10-4-2-1-3-5-10/h1-7,9,12,20H,8H2,(H,16,17,18). The van der Waals surface area contributed by atoms with Crippen LogP contribution in [0.4, 0.5) is 5.82 Å². The molecule has 0 aliphatic rings. The quantitative estimate of drug-likeness (QED) is 0.771. The van der Waals surface area contributed by atoms with Crippen LogP contribution >= 0.6 is 15.9 Å². The minimum Gasteiger partial charge on any atom is -0.387 e. The number of aromatic nitrogens is 3. The van der Waals surface area contributed by atoms with Gasteiger partial charge in [0.1, 0.15) is 16.4 Å². The third kappa shape index (κ3) is 2.52. The molecule has 0 saturated heterocycles. The summed E-state index contributed by atoms with van der Waals surface area (Å²) in [5.41, 5.74) is 1.74. The number of halogens is 1. The van der Waals surface area contributed by atoms with E-state index in [1.165, 1.54) is 6.33 Å². The van der Waals surface area contributed by atoms with Gasteiger partial charge in [-0.25, -0.2) is 9.50 Å². The summed E-state index contributed by atoms with van der Waals surface area (Å²) in [6.45, 7) is 0.388. The number of fused-ring (bicyclic) bond motifs is 1. The number of aliphatic hydroxyl groups excluding tert-OH is 1. The summed E-state index contributed by atoms with van der Waals surface area (Å²) in [6, 6.07) is 13.4. The van der Waals surface area contributed by atoms with Gasteiger partial charge in [-0.2, -0.15) is 5.10 Å². The van der Waals surface area contributed by atoms with E-state index >= 15 is 0 Å². The number of benzene rings is 1. The maximum Gasteiger partial charge on any atom is 0.154 e. The number of hydrogen-bond donors (Lipinski definition) is 2. The Hall–Kier alpha value is -1.92. The van der Waals surface area contributed by atoms with Gasteiger partial charge in [-0.05, 0) is 33.6 Å². The van der Waals surface area contributed by atoms with E-state index in [4.69, 9.17) is 0 Å². The monoisotopic (exact) mass is 332 g/mol. The minimum absolute atomic E-state index is 0.388. The maximum absolute atomic E-state index is 10.1. The van der Waals surface area contributed by atoms with E-state index < -0.39 is 6.10 Å². The fourth-order valence-electron chi connectivity index (χ4n) is 2.02. The van der Waals surface area contributed by atoms with Crippen LogP contribution in [0, 0.1) is 0 Å². The first-order valence-corrected chi connectivity index (χ1v) is 7.00. The summed E-state index contributed by atoms with van der Waals surface area (Å²) in [6.07, 6.45) is 0.902. The van der Waals surface area contributed by atoms with Gasteiger partial charge in [-0.15, -0.1) is 0 Å². The lowest BCUT2D eigenvalue weighted by Gasteiger charge is -2.13. The fraction of sp³-hybridized carbons (Fsp3) is 0.143. The minimum atomic E-state index is -0.579. The van der Waals surface area contributed by atoms with Crippen LogP contribution in [-0.4, -0.2) is 26.2 Å². The molecule has 0 radical (unpaired) electrons. The van der Waals surface area contributed by atoms with E-state index in [-0.39, 0.29) is 0 Å². The van der Waals surface area contributed by atoms with Crippen LogP contribution in [0.3, 0.4) is 0 Å². The van der Waals surface area contributed by atoms with Gasteiger partial charge in [0.2, 0.25) is 0 Å². The van der Waals surface area contributed by atoms with Gasteiger partial charge < -0.3 is 10.4 Å². The van der Waals surface area contributed by atoms with Crippen LogP contribution in [0.5, 0.6) is 0 Å². The number of nitrogens with zero attached hydrogens (tertiary/aromatic N) is 3. The van der Waals surface area contributed by atoms with E-state index in [2.05, 4.69) is 31.3 Å². The second-order valence-corrected chi connectivity index (χ2v) is 5.18. The van der Waals surface area contributed by atoms with E-state index in [0.29, 0.717) is 12.4 Å². The Bertz CT molecular complexity index is 714. The lowest BCUT2D eigenvalue weighted by atomic mass is 10.1. The molecule has 0 amide bonds. The zero-order chi connectivity index (χ0) is 13.9. The van der Waals surface area contributed by atoms with Crippen LogP contribution in [0.25, 0.3) is 5.52 Å². The average Bonchev–Trinajstić information content (AvgIpc) is 2.88. The molecule has 5 nitrogen and oxygen atoms in total. The van der Waals surface area contributed by atoms with Crippen molar-refractivity contribution in [3.63, 3.8) is 0 Å². The molecule has 0 saturated carbocycles. The van der Waals surface area contributed by atoms with Crippen molar-refractivity contribution in [3.05, 3.63) is 59.0 Å². The molecule has 2 heterocycles. The normalized spacial score (nSPS) is 12.5. The van der Waals surface area contributed by atoms with Crippen LogP contribution in [0.15, 0.2) is 53.4 Å². The molecule has 1 unspecified atom stereocenters. The molecule has 20 heavy (non-hydrogen) atoms. The van der Waals surface area contributed by atoms with Crippen molar-refractivity contribution < 1.29 is 5.11 Å². The summed E-state index contributed by atoms with van der Waals surface area (Å²) in [5, 5.41) is 17.4. The highest BCUT2D eigenvalue weighted by molar-refractivity contribution is 9.10. The molecule has 3 rings (SSSR count). The summed E-state index contributed by atoms with van der Waals surface area (Å²) < 4.78 is 2.60. The first-order chi connectivity index (χ1) is 9.75. The van der Waals surface area contributed by atoms with Crippen molar-refractivity contribution in [1.29, 1.82) is 0 Å². The van der Waals surface area contributed by atoms with Gasteiger partial charge in [0.05, 0.1) is 6.10 Å². The van der Waals surface area contributed by atoms with Crippen LogP contribution in [0.1, 0.15) is 11.7 Å². The molecule has 0 aliphatic carbocycles. The molecule has 0 aliphatic heterocycles. The van der Waals surface area contributed by atoms with Crippen molar-refractivity contribution in [3.8, 4) is 0 Å². The van der Waals surface area contributed by atoms with E-state index in [0.717, 1.165) is 15.7 Å². The van der Waals surface area contributed by atoms with Gasteiger partial charge in [-0.1, -0.05) is 30.3 Å². The Morgan fingerprint density at radius 1 is 1.20 bits per heavy atom. The summed E-state index contributed by atoms with van der Waals surface area (Å²) in [5.74, 6) is 0.695. The number of anilines is 1. The molecule has 2 N–H and O–H groups in total.